The molecule has 5 nitrogen and oxygen atoms in total. The second kappa shape index (κ2) is 9.23. The lowest BCUT2D eigenvalue weighted by molar-refractivity contribution is -0.138. The number of nitrogens with zero attached hydrogens (tertiary/aromatic N) is 2. The number of ether oxygens (including phenoxy) is 2. The van der Waals surface area contributed by atoms with E-state index in [9.17, 15) is 18.0 Å². The molecule has 3 rings (SSSR count). The van der Waals surface area contributed by atoms with Gasteiger partial charge in [-0.15, -0.1) is 0 Å². The molecule has 0 radical (unpaired) electrons. The molecule has 0 aliphatic heterocycles. The summed E-state index contributed by atoms with van der Waals surface area (Å²) in [5, 5.41) is 4.99. The third kappa shape index (κ3) is 6.41. The van der Waals surface area contributed by atoms with Gasteiger partial charge in [0.1, 0.15) is 12.0 Å². The minimum absolute atomic E-state index is 0.0626. The van der Waals surface area contributed by atoms with Gasteiger partial charge in [0.15, 0.2) is 6.79 Å². The number of carbonyl (C=O) groups excluding carboxylic acids is 1. The number of hydrogen-bond donors (Lipinski definition) is 0. The lowest BCUT2D eigenvalue weighted by Crippen LogP contribution is -2.22. The molecule has 0 atom stereocenters. The van der Waals surface area contributed by atoms with Gasteiger partial charge in [0.05, 0.1) is 17.6 Å². The molecule has 0 bridgehead atoms. The van der Waals surface area contributed by atoms with Gasteiger partial charge in [-0.1, -0.05) is 25.7 Å². The molecule has 0 saturated carbocycles. The minimum Gasteiger partial charge on any atom is -0.468 e. The molecule has 0 spiro atoms. The summed E-state index contributed by atoms with van der Waals surface area (Å²) >= 11 is 0. The van der Waals surface area contributed by atoms with Crippen LogP contribution in [0.5, 0.6) is 5.75 Å². The fourth-order valence-corrected chi connectivity index (χ4v) is 3.77. The quantitative estimate of drug-likeness (QED) is 0.184. The van der Waals surface area contributed by atoms with E-state index < -0.39 is 19.8 Å². The van der Waals surface area contributed by atoms with Crippen molar-refractivity contribution in [3.63, 3.8) is 0 Å². The lowest BCUT2D eigenvalue weighted by Gasteiger charge is -2.17. The van der Waals surface area contributed by atoms with Crippen LogP contribution in [0.2, 0.25) is 25.7 Å². The van der Waals surface area contributed by atoms with Crippen molar-refractivity contribution in [1.82, 2.24) is 9.78 Å². The molecule has 166 valence electrons. The number of rotatable bonds is 9. The Bertz CT molecular complexity index is 1060. The first-order valence-corrected chi connectivity index (χ1v) is 13.6. The Morgan fingerprint density at radius 3 is 2.58 bits per heavy atom. The van der Waals surface area contributed by atoms with E-state index in [0.717, 1.165) is 12.1 Å². The standard InChI is InChI=1S/C22H25F3N2O3Si/c1-31(2,3)9-8-29-15-30-19-6-5-17(20(11-19)22(23,24)25)12-27-13-18-10-16(14-28)4-7-21(18)26-27/h4-7,10-11,13-14H,8-9,12,15H2,1-3H3. The highest BCUT2D eigenvalue weighted by molar-refractivity contribution is 6.76. The fourth-order valence-electron chi connectivity index (χ4n) is 3.02. The van der Waals surface area contributed by atoms with Crippen molar-refractivity contribution in [2.75, 3.05) is 13.4 Å². The number of hydrogen-bond acceptors (Lipinski definition) is 4. The van der Waals surface area contributed by atoms with Gasteiger partial charge in [-0.05, 0) is 41.9 Å². The summed E-state index contributed by atoms with van der Waals surface area (Å²) in [6.45, 7) is 7.02. The molecule has 0 unspecified atom stereocenters. The summed E-state index contributed by atoms with van der Waals surface area (Å²) in [5.74, 6) is 0.102. The maximum absolute atomic E-state index is 13.7. The molecule has 0 N–H and O–H groups in total. The number of alkyl halides is 3. The maximum Gasteiger partial charge on any atom is 0.416 e. The van der Waals surface area contributed by atoms with Crippen LogP contribution >= 0.6 is 0 Å². The van der Waals surface area contributed by atoms with Crippen molar-refractivity contribution in [2.24, 2.45) is 0 Å². The average molecular weight is 451 g/mol. The number of aromatic nitrogens is 2. The average Bonchev–Trinajstić information content (AvgIpc) is 3.08. The number of carbonyl (C=O) groups is 1. The molecule has 31 heavy (non-hydrogen) atoms. The summed E-state index contributed by atoms with van der Waals surface area (Å²) in [6.07, 6.45) is -2.20. The highest BCUT2D eigenvalue weighted by Crippen LogP contribution is 2.35. The number of halogens is 3. The molecule has 9 heteroatoms. The van der Waals surface area contributed by atoms with Crippen LogP contribution in [0, 0.1) is 0 Å². The molecule has 2 aromatic carbocycles. The van der Waals surface area contributed by atoms with Crippen LogP contribution in [-0.4, -0.2) is 37.5 Å². The van der Waals surface area contributed by atoms with Gasteiger partial charge in [0.2, 0.25) is 0 Å². The zero-order valence-corrected chi connectivity index (χ0v) is 18.7. The number of fused-ring (bicyclic) bond motifs is 1. The summed E-state index contributed by atoms with van der Waals surface area (Å²) < 4.78 is 53.2. The summed E-state index contributed by atoms with van der Waals surface area (Å²) in [6, 6.07) is 9.77. The molecule has 0 saturated heterocycles. The highest BCUT2D eigenvalue weighted by Gasteiger charge is 2.34. The van der Waals surface area contributed by atoms with E-state index in [0.29, 0.717) is 29.4 Å². The molecule has 1 heterocycles. The van der Waals surface area contributed by atoms with Crippen molar-refractivity contribution in [3.8, 4) is 5.75 Å². The van der Waals surface area contributed by atoms with Crippen LogP contribution in [0.1, 0.15) is 21.5 Å². The van der Waals surface area contributed by atoms with Crippen LogP contribution in [0.25, 0.3) is 10.9 Å². The highest BCUT2D eigenvalue weighted by atomic mass is 28.3. The normalized spacial score (nSPS) is 12.3. The predicted molar refractivity (Wildman–Crippen MR) is 115 cm³/mol. The topological polar surface area (TPSA) is 53.4 Å². The second-order valence-electron chi connectivity index (χ2n) is 8.56. The summed E-state index contributed by atoms with van der Waals surface area (Å²) in [5.41, 5.74) is 0.384. The molecule has 0 aliphatic carbocycles. The van der Waals surface area contributed by atoms with Crippen molar-refractivity contribution >= 4 is 25.3 Å². The van der Waals surface area contributed by atoms with Crippen LogP contribution in [-0.2, 0) is 17.5 Å². The van der Waals surface area contributed by atoms with Crippen molar-refractivity contribution in [1.29, 1.82) is 0 Å². The Hall–Kier alpha value is -2.65. The van der Waals surface area contributed by atoms with Crippen LogP contribution in [0.3, 0.4) is 0 Å². The largest absolute Gasteiger partial charge is 0.468 e. The van der Waals surface area contributed by atoms with E-state index in [-0.39, 0.29) is 24.7 Å². The summed E-state index contributed by atoms with van der Waals surface area (Å²) in [7, 11) is -1.24. The fraction of sp³-hybridized carbons (Fsp3) is 0.364. The van der Waals surface area contributed by atoms with E-state index in [1.807, 2.05) is 0 Å². The Morgan fingerprint density at radius 2 is 1.90 bits per heavy atom. The smallest absolute Gasteiger partial charge is 0.416 e. The van der Waals surface area contributed by atoms with E-state index in [1.54, 1.807) is 24.4 Å². The Balaban J connectivity index is 1.74. The first kappa shape index (κ1) is 23.0. The maximum atomic E-state index is 13.7. The van der Waals surface area contributed by atoms with Crippen molar-refractivity contribution in [3.05, 3.63) is 59.3 Å². The monoisotopic (exact) mass is 450 g/mol. The Kier molecular flexibility index (Phi) is 6.85. The predicted octanol–water partition coefficient (Wildman–Crippen LogP) is 5.61. The molecular weight excluding hydrogens is 425 g/mol. The van der Waals surface area contributed by atoms with E-state index in [1.165, 1.54) is 16.8 Å². The molecule has 0 fully saturated rings. The molecular formula is C22H25F3N2O3Si. The van der Waals surface area contributed by atoms with Crippen LogP contribution in [0.4, 0.5) is 13.2 Å². The first-order chi connectivity index (χ1) is 14.5. The van der Waals surface area contributed by atoms with Gasteiger partial charge >= 0.3 is 6.18 Å². The van der Waals surface area contributed by atoms with Crippen LogP contribution in [0.15, 0.2) is 42.6 Å². The molecule has 1 aromatic heterocycles. The van der Waals surface area contributed by atoms with E-state index in [2.05, 4.69) is 24.7 Å². The van der Waals surface area contributed by atoms with Gasteiger partial charge < -0.3 is 9.47 Å². The van der Waals surface area contributed by atoms with Gasteiger partial charge in [-0.3, -0.25) is 9.48 Å². The minimum atomic E-state index is -4.54. The van der Waals surface area contributed by atoms with Crippen LogP contribution < -0.4 is 4.74 Å². The third-order valence-corrected chi connectivity index (χ3v) is 6.44. The van der Waals surface area contributed by atoms with Crippen molar-refractivity contribution in [2.45, 2.75) is 38.4 Å². The zero-order valence-electron chi connectivity index (χ0n) is 17.7. The molecule has 0 aliphatic rings. The first-order valence-electron chi connectivity index (χ1n) is 9.88. The third-order valence-electron chi connectivity index (χ3n) is 4.74. The van der Waals surface area contributed by atoms with E-state index >= 15 is 0 Å². The van der Waals surface area contributed by atoms with Crippen molar-refractivity contribution < 1.29 is 27.4 Å². The van der Waals surface area contributed by atoms with Gasteiger partial charge in [0, 0.05) is 31.8 Å². The van der Waals surface area contributed by atoms with Gasteiger partial charge in [-0.25, -0.2) is 0 Å². The number of benzene rings is 2. The van der Waals surface area contributed by atoms with Gasteiger partial charge in [0.25, 0.3) is 0 Å². The Morgan fingerprint density at radius 1 is 1.13 bits per heavy atom. The summed E-state index contributed by atoms with van der Waals surface area (Å²) in [4.78, 5) is 10.9. The SMILES string of the molecule is C[Si](C)(C)CCOCOc1ccc(Cn2cc3cc(C=O)ccc3n2)c(C(F)(F)F)c1. The van der Waals surface area contributed by atoms with E-state index in [4.69, 9.17) is 9.47 Å². The molecule has 3 aromatic rings. The zero-order chi connectivity index (χ0) is 22.6. The lowest BCUT2D eigenvalue weighted by atomic mass is 10.1. The van der Waals surface area contributed by atoms with Gasteiger partial charge in [-0.2, -0.15) is 18.3 Å². The molecule has 0 amide bonds. The second-order valence-corrected chi connectivity index (χ2v) is 14.2. The number of aldehydes is 1. The Labute approximate surface area is 179 Å².